The lowest BCUT2D eigenvalue weighted by Gasteiger charge is -2.36. The van der Waals surface area contributed by atoms with E-state index in [0.717, 1.165) is 6.04 Å². The third-order valence-electron chi connectivity index (χ3n) is 4.26. The van der Waals surface area contributed by atoms with Crippen molar-refractivity contribution in [1.82, 2.24) is 10.2 Å². The van der Waals surface area contributed by atoms with Crippen LogP contribution in [0.25, 0.3) is 0 Å². The molecule has 0 spiro atoms. The first kappa shape index (κ1) is 11.2. The van der Waals surface area contributed by atoms with Gasteiger partial charge >= 0.3 is 0 Å². The van der Waals surface area contributed by atoms with Crippen molar-refractivity contribution >= 4 is 0 Å². The standard InChI is InChI=1S/C15H22N2/c1-2-5-13(6-3-1)15-7-4-12-17(15)14-8-10-16-11-9-14/h1-3,5-6,14-16H,4,7-12H2/t15-/m1/s1. The summed E-state index contributed by atoms with van der Waals surface area (Å²) < 4.78 is 0. The summed E-state index contributed by atoms with van der Waals surface area (Å²) in [4.78, 5) is 2.76. The van der Waals surface area contributed by atoms with Crippen LogP contribution < -0.4 is 5.32 Å². The summed E-state index contributed by atoms with van der Waals surface area (Å²) in [6.07, 6.45) is 5.35. The van der Waals surface area contributed by atoms with Gasteiger partial charge in [-0.05, 0) is 50.9 Å². The minimum absolute atomic E-state index is 0.680. The van der Waals surface area contributed by atoms with Crippen molar-refractivity contribution < 1.29 is 0 Å². The molecule has 1 atom stereocenters. The van der Waals surface area contributed by atoms with Gasteiger partial charge < -0.3 is 5.32 Å². The van der Waals surface area contributed by atoms with E-state index in [1.54, 1.807) is 0 Å². The van der Waals surface area contributed by atoms with Crippen LogP contribution in [0.3, 0.4) is 0 Å². The van der Waals surface area contributed by atoms with Crippen molar-refractivity contribution in [3.05, 3.63) is 35.9 Å². The molecule has 0 amide bonds. The van der Waals surface area contributed by atoms with Gasteiger partial charge in [0.1, 0.15) is 0 Å². The smallest absolute Gasteiger partial charge is 0.0351 e. The quantitative estimate of drug-likeness (QED) is 0.840. The summed E-state index contributed by atoms with van der Waals surface area (Å²) in [5.41, 5.74) is 1.52. The molecule has 2 fully saturated rings. The molecule has 0 bridgehead atoms. The maximum atomic E-state index is 3.47. The van der Waals surface area contributed by atoms with Crippen LogP contribution in [0.1, 0.15) is 37.3 Å². The summed E-state index contributed by atoms with van der Waals surface area (Å²) in [5.74, 6) is 0. The van der Waals surface area contributed by atoms with E-state index in [-0.39, 0.29) is 0 Å². The van der Waals surface area contributed by atoms with Crippen molar-refractivity contribution in [3.8, 4) is 0 Å². The lowest BCUT2D eigenvalue weighted by atomic mass is 10.00. The molecule has 2 aliphatic heterocycles. The van der Waals surface area contributed by atoms with Gasteiger partial charge in [0, 0.05) is 12.1 Å². The van der Waals surface area contributed by atoms with Crippen LogP contribution in [0, 0.1) is 0 Å². The zero-order valence-electron chi connectivity index (χ0n) is 10.4. The molecule has 1 aromatic carbocycles. The van der Waals surface area contributed by atoms with Crippen molar-refractivity contribution in [3.63, 3.8) is 0 Å². The third kappa shape index (κ3) is 2.38. The number of hydrogen-bond donors (Lipinski definition) is 1. The van der Waals surface area contributed by atoms with Gasteiger partial charge in [-0.1, -0.05) is 30.3 Å². The van der Waals surface area contributed by atoms with Crippen molar-refractivity contribution in [1.29, 1.82) is 0 Å². The SMILES string of the molecule is c1ccc([C@H]2CCCN2C2CCNCC2)cc1. The molecule has 92 valence electrons. The largest absolute Gasteiger partial charge is 0.317 e. The fourth-order valence-electron chi connectivity index (χ4n) is 3.40. The highest BCUT2D eigenvalue weighted by Gasteiger charge is 2.31. The fourth-order valence-corrected chi connectivity index (χ4v) is 3.40. The van der Waals surface area contributed by atoms with Gasteiger partial charge in [-0.3, -0.25) is 4.90 Å². The molecule has 3 rings (SSSR count). The molecule has 0 unspecified atom stereocenters. The van der Waals surface area contributed by atoms with E-state index in [9.17, 15) is 0 Å². The van der Waals surface area contributed by atoms with Gasteiger partial charge in [0.05, 0.1) is 0 Å². The molecule has 0 aliphatic carbocycles. The number of piperidine rings is 1. The van der Waals surface area contributed by atoms with E-state index in [0.29, 0.717) is 6.04 Å². The molecule has 2 heteroatoms. The average molecular weight is 230 g/mol. The number of benzene rings is 1. The van der Waals surface area contributed by atoms with E-state index in [1.807, 2.05) is 0 Å². The Balaban J connectivity index is 1.75. The average Bonchev–Trinajstić information content (AvgIpc) is 2.90. The Kier molecular flexibility index (Phi) is 3.44. The predicted molar refractivity (Wildman–Crippen MR) is 71.0 cm³/mol. The van der Waals surface area contributed by atoms with Crippen molar-refractivity contribution in [2.75, 3.05) is 19.6 Å². The van der Waals surface area contributed by atoms with E-state index in [1.165, 1.54) is 50.9 Å². The molecular formula is C15H22N2. The molecule has 0 radical (unpaired) electrons. The Morgan fingerprint density at radius 2 is 1.76 bits per heavy atom. The number of nitrogens with zero attached hydrogens (tertiary/aromatic N) is 1. The molecule has 1 aromatic rings. The first-order valence-corrected chi connectivity index (χ1v) is 6.96. The fraction of sp³-hybridized carbons (Fsp3) is 0.600. The summed E-state index contributed by atoms with van der Waals surface area (Å²) in [5, 5.41) is 3.47. The monoisotopic (exact) mass is 230 g/mol. The summed E-state index contributed by atoms with van der Waals surface area (Å²) in [6.45, 7) is 3.69. The minimum Gasteiger partial charge on any atom is -0.317 e. The lowest BCUT2D eigenvalue weighted by molar-refractivity contribution is 0.148. The number of rotatable bonds is 2. The normalized spacial score (nSPS) is 27.4. The molecule has 0 saturated carbocycles. The Bertz CT molecular complexity index is 343. The zero-order chi connectivity index (χ0) is 11.5. The first-order valence-electron chi connectivity index (χ1n) is 6.96. The third-order valence-corrected chi connectivity index (χ3v) is 4.26. The molecule has 2 heterocycles. The van der Waals surface area contributed by atoms with Gasteiger partial charge in [0.25, 0.3) is 0 Å². The molecule has 2 saturated heterocycles. The van der Waals surface area contributed by atoms with Crippen molar-refractivity contribution in [2.24, 2.45) is 0 Å². The van der Waals surface area contributed by atoms with E-state index in [4.69, 9.17) is 0 Å². The molecule has 0 aromatic heterocycles. The maximum absolute atomic E-state index is 3.47. The van der Waals surface area contributed by atoms with E-state index in [2.05, 4.69) is 40.5 Å². The van der Waals surface area contributed by atoms with Gasteiger partial charge in [0.15, 0.2) is 0 Å². The number of likely N-dealkylation sites (tertiary alicyclic amines) is 1. The van der Waals surface area contributed by atoms with E-state index < -0.39 is 0 Å². The first-order chi connectivity index (χ1) is 8.45. The Morgan fingerprint density at radius 3 is 2.53 bits per heavy atom. The summed E-state index contributed by atoms with van der Waals surface area (Å²) >= 11 is 0. The Hall–Kier alpha value is -0.860. The van der Waals surface area contributed by atoms with Gasteiger partial charge in [0.2, 0.25) is 0 Å². The molecular weight excluding hydrogens is 208 g/mol. The Labute approximate surface area is 104 Å². The van der Waals surface area contributed by atoms with Crippen LogP contribution in [0.2, 0.25) is 0 Å². The number of hydrogen-bond acceptors (Lipinski definition) is 2. The van der Waals surface area contributed by atoms with Crippen molar-refractivity contribution in [2.45, 2.75) is 37.8 Å². The minimum atomic E-state index is 0.680. The summed E-state index contributed by atoms with van der Waals surface area (Å²) in [7, 11) is 0. The predicted octanol–water partition coefficient (Wildman–Crippen LogP) is 2.58. The van der Waals surface area contributed by atoms with Gasteiger partial charge in [-0.2, -0.15) is 0 Å². The summed E-state index contributed by atoms with van der Waals surface area (Å²) in [6, 6.07) is 12.5. The second kappa shape index (κ2) is 5.19. The van der Waals surface area contributed by atoms with Gasteiger partial charge in [-0.25, -0.2) is 0 Å². The Morgan fingerprint density at radius 1 is 1.00 bits per heavy atom. The zero-order valence-corrected chi connectivity index (χ0v) is 10.4. The highest BCUT2D eigenvalue weighted by molar-refractivity contribution is 5.20. The number of nitrogens with one attached hydrogen (secondary N) is 1. The van der Waals surface area contributed by atoms with Gasteiger partial charge in [-0.15, -0.1) is 0 Å². The second-order valence-corrected chi connectivity index (χ2v) is 5.29. The van der Waals surface area contributed by atoms with Crippen LogP contribution in [0.15, 0.2) is 30.3 Å². The topological polar surface area (TPSA) is 15.3 Å². The highest BCUT2D eigenvalue weighted by atomic mass is 15.2. The molecule has 17 heavy (non-hydrogen) atoms. The molecule has 2 nitrogen and oxygen atoms in total. The van der Waals surface area contributed by atoms with E-state index >= 15 is 0 Å². The van der Waals surface area contributed by atoms with Crippen LogP contribution in [-0.4, -0.2) is 30.6 Å². The molecule has 1 N–H and O–H groups in total. The maximum Gasteiger partial charge on any atom is 0.0351 e. The highest BCUT2D eigenvalue weighted by Crippen LogP contribution is 2.35. The second-order valence-electron chi connectivity index (χ2n) is 5.29. The lowest BCUT2D eigenvalue weighted by Crippen LogP contribution is -2.42. The van der Waals surface area contributed by atoms with Crippen LogP contribution >= 0.6 is 0 Å². The van der Waals surface area contributed by atoms with Crippen LogP contribution in [0.5, 0.6) is 0 Å². The van der Waals surface area contributed by atoms with Crippen LogP contribution in [-0.2, 0) is 0 Å². The molecule has 2 aliphatic rings. The van der Waals surface area contributed by atoms with Crippen LogP contribution in [0.4, 0.5) is 0 Å².